The molecule has 0 atom stereocenters. The van der Waals surface area contributed by atoms with E-state index in [1.807, 2.05) is 38.1 Å². The van der Waals surface area contributed by atoms with Crippen molar-refractivity contribution in [2.45, 2.75) is 26.7 Å². The van der Waals surface area contributed by atoms with Crippen molar-refractivity contribution in [1.82, 2.24) is 0 Å². The molecule has 1 aromatic carbocycles. The van der Waals surface area contributed by atoms with Crippen molar-refractivity contribution in [2.24, 2.45) is 0 Å². The quantitative estimate of drug-likeness (QED) is 0.557. The van der Waals surface area contributed by atoms with Gasteiger partial charge in [0, 0.05) is 6.42 Å². The third-order valence-electron chi connectivity index (χ3n) is 2.33. The van der Waals surface area contributed by atoms with Crippen molar-refractivity contribution < 1.29 is 9.53 Å². The molecule has 0 aliphatic rings. The number of carbonyl (C=O) groups is 1. The van der Waals surface area contributed by atoms with Crippen molar-refractivity contribution in [3.63, 3.8) is 0 Å². The first-order chi connectivity index (χ1) is 7.65. The molecule has 0 N–H and O–H groups in total. The summed E-state index contributed by atoms with van der Waals surface area (Å²) in [5.41, 5.74) is 1.92. The number of para-hydroxylation sites is 1. The fourth-order valence-electron chi connectivity index (χ4n) is 1.50. The van der Waals surface area contributed by atoms with Gasteiger partial charge in [0.15, 0.2) is 5.78 Å². The minimum Gasteiger partial charge on any atom is -0.496 e. The molecular weight excluding hydrogens is 200 g/mol. The minimum absolute atomic E-state index is 0.134. The van der Waals surface area contributed by atoms with E-state index in [4.69, 9.17) is 4.74 Å². The first-order valence-electron chi connectivity index (χ1n) is 5.44. The van der Waals surface area contributed by atoms with E-state index < -0.39 is 0 Å². The highest BCUT2D eigenvalue weighted by molar-refractivity contribution is 5.98. The normalized spacial score (nSPS) is 9.69. The molecule has 0 fully saturated rings. The number of Topliss-reactive ketones (excluding diaryl/α,β-unsaturated/α-hetero) is 1. The van der Waals surface area contributed by atoms with E-state index in [9.17, 15) is 4.79 Å². The van der Waals surface area contributed by atoms with Crippen LogP contribution in [-0.4, -0.2) is 12.9 Å². The molecule has 16 heavy (non-hydrogen) atoms. The predicted octanol–water partition coefficient (Wildman–Crippen LogP) is 3.62. The third kappa shape index (κ3) is 3.54. The highest BCUT2D eigenvalue weighted by Crippen LogP contribution is 2.19. The van der Waals surface area contributed by atoms with E-state index in [1.54, 1.807) is 7.11 Å². The zero-order valence-corrected chi connectivity index (χ0v) is 10.1. The van der Waals surface area contributed by atoms with Gasteiger partial charge in [0.2, 0.25) is 0 Å². The molecule has 2 nitrogen and oxygen atoms in total. The van der Waals surface area contributed by atoms with Crippen LogP contribution < -0.4 is 4.74 Å². The minimum atomic E-state index is 0.134. The predicted molar refractivity (Wildman–Crippen MR) is 66.0 cm³/mol. The summed E-state index contributed by atoms with van der Waals surface area (Å²) in [4.78, 5) is 11.9. The van der Waals surface area contributed by atoms with E-state index in [0.717, 1.165) is 6.42 Å². The lowest BCUT2D eigenvalue weighted by atomic mass is 10.0. The lowest BCUT2D eigenvalue weighted by molar-refractivity contribution is 0.0980. The Balaban J connectivity index is 2.69. The summed E-state index contributed by atoms with van der Waals surface area (Å²) < 4.78 is 5.16. The summed E-state index contributed by atoms with van der Waals surface area (Å²) in [6.45, 7) is 4.07. The van der Waals surface area contributed by atoms with E-state index in [-0.39, 0.29) is 5.78 Å². The lowest BCUT2D eigenvalue weighted by Gasteiger charge is -2.06. The van der Waals surface area contributed by atoms with Crippen LogP contribution >= 0.6 is 0 Å². The Bertz CT molecular complexity index is 387. The number of hydrogen-bond acceptors (Lipinski definition) is 2. The van der Waals surface area contributed by atoms with Gasteiger partial charge in [-0.2, -0.15) is 0 Å². The molecule has 1 rings (SSSR count). The second-order valence-electron chi connectivity index (χ2n) is 3.94. The zero-order chi connectivity index (χ0) is 12.0. The fraction of sp³-hybridized carbons (Fsp3) is 0.357. The summed E-state index contributed by atoms with van der Waals surface area (Å²) in [6.07, 6.45) is 3.40. The molecule has 0 saturated carbocycles. The summed E-state index contributed by atoms with van der Waals surface area (Å²) in [7, 11) is 1.59. The van der Waals surface area contributed by atoms with Gasteiger partial charge < -0.3 is 4.74 Å². The summed E-state index contributed by atoms with van der Waals surface area (Å²) >= 11 is 0. The molecule has 0 aliphatic heterocycles. The molecular formula is C14H18O2. The number of hydrogen-bond donors (Lipinski definition) is 0. The van der Waals surface area contributed by atoms with E-state index in [1.165, 1.54) is 5.57 Å². The average molecular weight is 218 g/mol. The van der Waals surface area contributed by atoms with Crippen molar-refractivity contribution in [3.8, 4) is 5.75 Å². The molecule has 0 unspecified atom stereocenters. The maximum absolute atomic E-state index is 11.9. The van der Waals surface area contributed by atoms with Crippen LogP contribution in [0.4, 0.5) is 0 Å². The molecule has 0 amide bonds. The van der Waals surface area contributed by atoms with Gasteiger partial charge in [0.25, 0.3) is 0 Å². The van der Waals surface area contributed by atoms with Crippen molar-refractivity contribution in [2.75, 3.05) is 7.11 Å². The van der Waals surface area contributed by atoms with Crippen molar-refractivity contribution >= 4 is 5.78 Å². The lowest BCUT2D eigenvalue weighted by Crippen LogP contribution is -2.01. The molecule has 86 valence electrons. The van der Waals surface area contributed by atoms with Gasteiger partial charge in [-0.25, -0.2) is 0 Å². The number of methoxy groups -OCH3 is 1. The van der Waals surface area contributed by atoms with Crippen LogP contribution in [-0.2, 0) is 0 Å². The Labute approximate surface area is 96.9 Å². The van der Waals surface area contributed by atoms with E-state index in [0.29, 0.717) is 17.7 Å². The first-order valence-corrected chi connectivity index (χ1v) is 5.44. The summed E-state index contributed by atoms with van der Waals surface area (Å²) in [5, 5.41) is 0. The molecule has 0 heterocycles. The van der Waals surface area contributed by atoms with Crippen LogP contribution in [0.15, 0.2) is 35.9 Å². The second kappa shape index (κ2) is 6.11. The maximum Gasteiger partial charge on any atom is 0.166 e. The second-order valence-corrected chi connectivity index (χ2v) is 3.94. The molecule has 1 aromatic rings. The highest BCUT2D eigenvalue weighted by atomic mass is 16.5. The van der Waals surface area contributed by atoms with E-state index in [2.05, 4.69) is 6.08 Å². The smallest absolute Gasteiger partial charge is 0.166 e. The van der Waals surface area contributed by atoms with Gasteiger partial charge in [-0.1, -0.05) is 23.8 Å². The average Bonchev–Trinajstić information content (AvgIpc) is 2.28. The molecule has 0 aromatic heterocycles. The standard InChI is InChI=1S/C14H18O2/c1-11(2)7-6-9-13(15)12-8-4-5-10-14(12)16-3/h4-5,7-8,10H,6,9H2,1-3H3. The topological polar surface area (TPSA) is 26.3 Å². The molecule has 0 radical (unpaired) electrons. The largest absolute Gasteiger partial charge is 0.496 e. The van der Waals surface area contributed by atoms with Crippen LogP contribution in [0.2, 0.25) is 0 Å². The molecule has 0 spiro atoms. The van der Waals surface area contributed by atoms with Gasteiger partial charge in [-0.05, 0) is 32.4 Å². The van der Waals surface area contributed by atoms with Gasteiger partial charge in [0.1, 0.15) is 5.75 Å². The van der Waals surface area contributed by atoms with Gasteiger partial charge in [-0.3, -0.25) is 4.79 Å². The molecule has 2 heteroatoms. The monoisotopic (exact) mass is 218 g/mol. The van der Waals surface area contributed by atoms with Crippen LogP contribution in [0.3, 0.4) is 0 Å². The van der Waals surface area contributed by atoms with Crippen LogP contribution in [0, 0.1) is 0 Å². The first kappa shape index (κ1) is 12.5. The fourth-order valence-corrected chi connectivity index (χ4v) is 1.50. The van der Waals surface area contributed by atoms with Crippen molar-refractivity contribution in [1.29, 1.82) is 0 Å². The molecule has 0 bridgehead atoms. The Morgan fingerprint density at radius 3 is 2.62 bits per heavy atom. The van der Waals surface area contributed by atoms with Crippen LogP contribution in [0.5, 0.6) is 5.75 Å². The highest BCUT2D eigenvalue weighted by Gasteiger charge is 2.09. The summed E-state index contributed by atoms with van der Waals surface area (Å²) in [6, 6.07) is 7.35. The third-order valence-corrected chi connectivity index (χ3v) is 2.33. The number of carbonyl (C=O) groups excluding carboxylic acids is 1. The number of benzene rings is 1. The number of allylic oxidation sites excluding steroid dienone is 2. The van der Waals surface area contributed by atoms with Gasteiger partial charge in [0.05, 0.1) is 12.7 Å². The van der Waals surface area contributed by atoms with Crippen LogP contribution in [0.1, 0.15) is 37.0 Å². The van der Waals surface area contributed by atoms with Crippen molar-refractivity contribution in [3.05, 3.63) is 41.5 Å². The molecule has 0 aliphatic carbocycles. The maximum atomic E-state index is 11.9. The number of ketones is 1. The number of ether oxygens (including phenoxy) is 1. The number of rotatable bonds is 5. The van der Waals surface area contributed by atoms with Crippen LogP contribution in [0.25, 0.3) is 0 Å². The molecule has 0 saturated heterocycles. The SMILES string of the molecule is COc1ccccc1C(=O)CCC=C(C)C. The summed E-state index contributed by atoms with van der Waals surface area (Å²) in [5.74, 6) is 0.791. The van der Waals surface area contributed by atoms with E-state index >= 15 is 0 Å². The zero-order valence-electron chi connectivity index (χ0n) is 10.1. The Morgan fingerprint density at radius 2 is 2.00 bits per heavy atom. The van der Waals surface area contributed by atoms with Gasteiger partial charge >= 0.3 is 0 Å². The Hall–Kier alpha value is -1.57. The Kier molecular flexibility index (Phi) is 4.77. The Morgan fingerprint density at radius 1 is 1.31 bits per heavy atom. The van der Waals surface area contributed by atoms with Gasteiger partial charge in [-0.15, -0.1) is 0 Å².